The molecule has 7 heteroatoms. The zero-order valence-corrected chi connectivity index (χ0v) is 18.3. The third kappa shape index (κ3) is 5.11. The number of aromatic nitrogens is 2. The Morgan fingerprint density at radius 2 is 1.75 bits per heavy atom. The molecular weight excluding hydrogens is 402 g/mol. The van der Waals surface area contributed by atoms with E-state index < -0.39 is 0 Å². The molecule has 7 nitrogen and oxygen atoms in total. The molecule has 1 unspecified atom stereocenters. The third-order valence-electron chi connectivity index (χ3n) is 5.64. The molecule has 32 heavy (non-hydrogen) atoms. The summed E-state index contributed by atoms with van der Waals surface area (Å²) < 4.78 is 0. The van der Waals surface area contributed by atoms with Gasteiger partial charge in [0, 0.05) is 37.0 Å². The fourth-order valence-corrected chi connectivity index (χ4v) is 4.02. The molecule has 0 aliphatic carbocycles. The molecule has 3 aromatic rings. The first kappa shape index (κ1) is 21.5. The van der Waals surface area contributed by atoms with Crippen molar-refractivity contribution >= 4 is 29.0 Å². The summed E-state index contributed by atoms with van der Waals surface area (Å²) in [5.74, 6) is 0.462. The molecule has 2 heterocycles. The minimum Gasteiger partial charge on any atom is -0.354 e. The lowest BCUT2D eigenvalue weighted by atomic mass is 9.97. The van der Waals surface area contributed by atoms with Crippen molar-refractivity contribution in [1.29, 1.82) is 0 Å². The molecule has 0 saturated carbocycles. The van der Waals surface area contributed by atoms with Gasteiger partial charge in [0.25, 0.3) is 0 Å². The molecule has 4 rings (SSSR count). The predicted octanol–water partition coefficient (Wildman–Crippen LogP) is 4.27. The number of nitrogens with zero attached hydrogens (tertiary/aromatic N) is 3. The zero-order valence-electron chi connectivity index (χ0n) is 18.3. The molecule has 0 radical (unpaired) electrons. The molecule has 2 aromatic carbocycles. The highest BCUT2D eigenvalue weighted by Crippen LogP contribution is 2.26. The van der Waals surface area contributed by atoms with Gasteiger partial charge >= 0.3 is 0 Å². The van der Waals surface area contributed by atoms with Crippen molar-refractivity contribution in [3.05, 3.63) is 66.2 Å². The fourth-order valence-electron chi connectivity index (χ4n) is 4.02. The Morgan fingerprint density at radius 1 is 0.969 bits per heavy atom. The minimum absolute atomic E-state index is 0.0286. The Kier molecular flexibility index (Phi) is 6.44. The standard InChI is InChI=1S/C25H27N5O2/c1-17-7-3-4-11-22(17)23-12-13-24(29-28-23)30-14-6-8-19(16-30)25(32)27-21-10-5-9-20(15-21)26-18(2)31/h3-5,7,9-13,15,19H,6,8,14,16H2,1-2H3,(H,26,31)(H,27,32). The second-order valence-electron chi connectivity index (χ2n) is 8.13. The van der Waals surface area contributed by atoms with E-state index in [4.69, 9.17) is 0 Å². The van der Waals surface area contributed by atoms with Crippen molar-refractivity contribution in [2.24, 2.45) is 5.92 Å². The summed E-state index contributed by atoms with van der Waals surface area (Å²) in [5, 5.41) is 14.6. The zero-order chi connectivity index (χ0) is 22.5. The second kappa shape index (κ2) is 9.60. The van der Waals surface area contributed by atoms with Gasteiger partial charge in [0.2, 0.25) is 11.8 Å². The number of rotatable bonds is 5. The topological polar surface area (TPSA) is 87.2 Å². The van der Waals surface area contributed by atoms with Crippen LogP contribution in [0.1, 0.15) is 25.3 Å². The second-order valence-corrected chi connectivity index (χ2v) is 8.13. The molecule has 1 aliphatic rings. The fraction of sp³-hybridized carbons (Fsp3) is 0.280. The summed E-state index contributed by atoms with van der Waals surface area (Å²) in [6, 6.07) is 19.3. The van der Waals surface area contributed by atoms with Crippen LogP contribution < -0.4 is 15.5 Å². The Bertz CT molecular complexity index is 1110. The molecule has 1 fully saturated rings. The van der Waals surface area contributed by atoms with Crippen LogP contribution in [0.25, 0.3) is 11.3 Å². The Labute approximate surface area is 187 Å². The van der Waals surface area contributed by atoms with Crippen LogP contribution in [0.3, 0.4) is 0 Å². The molecule has 1 atom stereocenters. The van der Waals surface area contributed by atoms with E-state index in [0.717, 1.165) is 42.0 Å². The number of carbonyl (C=O) groups excluding carboxylic acids is 2. The van der Waals surface area contributed by atoms with E-state index in [1.54, 1.807) is 18.2 Å². The molecule has 164 valence electrons. The van der Waals surface area contributed by atoms with Crippen LogP contribution in [0.5, 0.6) is 0 Å². The maximum Gasteiger partial charge on any atom is 0.229 e. The van der Waals surface area contributed by atoms with Crippen LogP contribution >= 0.6 is 0 Å². The first-order valence-electron chi connectivity index (χ1n) is 10.8. The van der Waals surface area contributed by atoms with Gasteiger partial charge in [-0.25, -0.2) is 0 Å². The minimum atomic E-state index is -0.147. The van der Waals surface area contributed by atoms with E-state index in [1.165, 1.54) is 6.92 Å². The lowest BCUT2D eigenvalue weighted by molar-refractivity contribution is -0.120. The number of carbonyl (C=O) groups is 2. The number of aryl methyl sites for hydroxylation is 1. The van der Waals surface area contributed by atoms with Gasteiger partial charge in [0.05, 0.1) is 11.6 Å². The van der Waals surface area contributed by atoms with Crippen LogP contribution in [0.4, 0.5) is 17.2 Å². The highest BCUT2D eigenvalue weighted by Gasteiger charge is 2.27. The molecule has 0 spiro atoms. The van der Waals surface area contributed by atoms with Crippen LogP contribution in [-0.2, 0) is 9.59 Å². The lowest BCUT2D eigenvalue weighted by Gasteiger charge is -2.32. The molecule has 2 N–H and O–H groups in total. The Balaban J connectivity index is 1.41. The highest BCUT2D eigenvalue weighted by molar-refractivity contribution is 5.94. The number of hydrogen-bond acceptors (Lipinski definition) is 5. The number of hydrogen-bond donors (Lipinski definition) is 2. The van der Waals surface area contributed by atoms with Crippen LogP contribution in [-0.4, -0.2) is 35.1 Å². The third-order valence-corrected chi connectivity index (χ3v) is 5.64. The number of anilines is 3. The number of amides is 2. The quantitative estimate of drug-likeness (QED) is 0.633. The SMILES string of the molecule is CC(=O)Nc1cccc(NC(=O)C2CCCN(c3ccc(-c4ccccc4C)nn3)C2)c1. The summed E-state index contributed by atoms with van der Waals surface area (Å²) in [4.78, 5) is 26.3. The summed E-state index contributed by atoms with van der Waals surface area (Å²) in [7, 11) is 0. The van der Waals surface area contributed by atoms with Gasteiger partial charge < -0.3 is 15.5 Å². The summed E-state index contributed by atoms with van der Waals surface area (Å²) >= 11 is 0. The van der Waals surface area contributed by atoms with Crippen molar-refractivity contribution in [2.45, 2.75) is 26.7 Å². The monoisotopic (exact) mass is 429 g/mol. The summed E-state index contributed by atoms with van der Waals surface area (Å²) in [6.07, 6.45) is 1.73. The maximum atomic E-state index is 12.9. The van der Waals surface area contributed by atoms with Gasteiger partial charge in [0.15, 0.2) is 5.82 Å². The average Bonchev–Trinajstić information content (AvgIpc) is 2.79. The number of piperidine rings is 1. The summed E-state index contributed by atoms with van der Waals surface area (Å²) in [6.45, 7) is 4.96. The van der Waals surface area contributed by atoms with Crippen LogP contribution in [0, 0.1) is 12.8 Å². The Morgan fingerprint density at radius 3 is 2.47 bits per heavy atom. The Hall–Kier alpha value is -3.74. The highest BCUT2D eigenvalue weighted by atomic mass is 16.2. The molecule has 1 aliphatic heterocycles. The molecule has 1 saturated heterocycles. The molecular formula is C25H27N5O2. The van der Waals surface area contributed by atoms with Crippen molar-refractivity contribution in [1.82, 2.24) is 10.2 Å². The smallest absolute Gasteiger partial charge is 0.229 e. The van der Waals surface area contributed by atoms with E-state index in [0.29, 0.717) is 17.9 Å². The summed E-state index contributed by atoms with van der Waals surface area (Å²) in [5.41, 5.74) is 4.40. The van der Waals surface area contributed by atoms with Crippen LogP contribution in [0.2, 0.25) is 0 Å². The van der Waals surface area contributed by atoms with E-state index in [2.05, 4.69) is 38.7 Å². The van der Waals surface area contributed by atoms with Gasteiger partial charge in [-0.3, -0.25) is 9.59 Å². The molecule has 0 bridgehead atoms. The van der Waals surface area contributed by atoms with Crippen molar-refractivity contribution in [3.63, 3.8) is 0 Å². The van der Waals surface area contributed by atoms with Crippen molar-refractivity contribution < 1.29 is 9.59 Å². The number of benzene rings is 2. The lowest BCUT2D eigenvalue weighted by Crippen LogP contribution is -2.41. The predicted molar refractivity (Wildman–Crippen MR) is 127 cm³/mol. The van der Waals surface area contributed by atoms with Gasteiger partial charge in [-0.1, -0.05) is 30.3 Å². The maximum absolute atomic E-state index is 12.9. The number of nitrogens with one attached hydrogen (secondary N) is 2. The van der Waals surface area contributed by atoms with E-state index in [-0.39, 0.29) is 17.7 Å². The first-order valence-corrected chi connectivity index (χ1v) is 10.8. The van der Waals surface area contributed by atoms with E-state index >= 15 is 0 Å². The first-order chi connectivity index (χ1) is 15.5. The average molecular weight is 430 g/mol. The van der Waals surface area contributed by atoms with Gasteiger partial charge in [-0.15, -0.1) is 10.2 Å². The normalized spacial score (nSPS) is 15.8. The van der Waals surface area contributed by atoms with Crippen molar-refractivity contribution in [2.75, 3.05) is 28.6 Å². The van der Waals surface area contributed by atoms with Crippen LogP contribution in [0.15, 0.2) is 60.7 Å². The molecule has 1 aromatic heterocycles. The molecule has 2 amide bonds. The van der Waals surface area contributed by atoms with E-state index in [9.17, 15) is 9.59 Å². The van der Waals surface area contributed by atoms with Gasteiger partial charge in [-0.2, -0.15) is 0 Å². The van der Waals surface area contributed by atoms with E-state index in [1.807, 2.05) is 36.4 Å². The van der Waals surface area contributed by atoms with Gasteiger partial charge in [0.1, 0.15) is 0 Å². The largest absolute Gasteiger partial charge is 0.354 e. The van der Waals surface area contributed by atoms with Crippen molar-refractivity contribution in [3.8, 4) is 11.3 Å². The van der Waals surface area contributed by atoms with Gasteiger partial charge in [-0.05, 0) is 55.7 Å².